The number of imidazole rings is 1. The molecule has 0 saturated carbocycles. The van der Waals surface area contributed by atoms with Gasteiger partial charge in [-0.05, 0) is 37.7 Å². The molecule has 0 bridgehead atoms. The first-order valence-corrected chi connectivity index (χ1v) is 6.55. The van der Waals surface area contributed by atoms with Gasteiger partial charge in [0.15, 0.2) is 5.75 Å². The molecule has 0 fully saturated rings. The molecule has 0 radical (unpaired) electrons. The molecule has 0 spiro atoms. The summed E-state index contributed by atoms with van der Waals surface area (Å²) in [5, 5.41) is 0. The number of ether oxygens (including phenoxy) is 1. The largest absolute Gasteiger partial charge is 0.435 e. The lowest BCUT2D eigenvalue weighted by molar-refractivity contribution is 0.453. The van der Waals surface area contributed by atoms with Crippen LogP contribution in [0.3, 0.4) is 0 Å². The van der Waals surface area contributed by atoms with E-state index < -0.39 is 0 Å². The Morgan fingerprint density at radius 3 is 2.95 bits per heavy atom. The molecule has 20 heavy (non-hydrogen) atoms. The SMILES string of the molecule is Cc1ncccc1Oc1nc2ccccn2c1CCN. The van der Waals surface area contributed by atoms with E-state index in [1.54, 1.807) is 6.20 Å². The van der Waals surface area contributed by atoms with Crippen LogP contribution in [0.5, 0.6) is 11.6 Å². The molecule has 5 heteroatoms. The number of aromatic nitrogens is 3. The van der Waals surface area contributed by atoms with Crippen molar-refractivity contribution in [2.24, 2.45) is 5.73 Å². The molecule has 3 aromatic heterocycles. The van der Waals surface area contributed by atoms with E-state index in [1.807, 2.05) is 47.9 Å². The lowest BCUT2D eigenvalue weighted by Gasteiger charge is -2.07. The quantitative estimate of drug-likeness (QED) is 0.788. The lowest BCUT2D eigenvalue weighted by Crippen LogP contribution is -2.06. The van der Waals surface area contributed by atoms with Crippen molar-refractivity contribution in [3.63, 3.8) is 0 Å². The highest BCUT2D eigenvalue weighted by Gasteiger charge is 2.14. The molecule has 102 valence electrons. The predicted octanol–water partition coefficient (Wildman–Crippen LogP) is 2.33. The van der Waals surface area contributed by atoms with Crippen LogP contribution in [0.4, 0.5) is 0 Å². The topological polar surface area (TPSA) is 65.4 Å². The van der Waals surface area contributed by atoms with Gasteiger partial charge < -0.3 is 14.9 Å². The van der Waals surface area contributed by atoms with Crippen LogP contribution in [-0.2, 0) is 6.42 Å². The first kappa shape index (κ1) is 12.6. The van der Waals surface area contributed by atoms with Gasteiger partial charge in [0.2, 0.25) is 5.88 Å². The predicted molar refractivity (Wildman–Crippen MR) is 77.0 cm³/mol. The standard InChI is InChI=1S/C15H16N4O/c1-11-13(5-4-9-17-11)20-15-12(7-8-16)19-10-3-2-6-14(19)18-15/h2-6,9-10H,7-8,16H2,1H3. The van der Waals surface area contributed by atoms with Crippen LogP contribution in [-0.4, -0.2) is 20.9 Å². The first-order valence-electron chi connectivity index (χ1n) is 6.55. The summed E-state index contributed by atoms with van der Waals surface area (Å²) in [6, 6.07) is 9.60. The van der Waals surface area contributed by atoms with Crippen LogP contribution in [0.1, 0.15) is 11.4 Å². The van der Waals surface area contributed by atoms with Crippen molar-refractivity contribution < 1.29 is 4.74 Å². The highest BCUT2D eigenvalue weighted by molar-refractivity contribution is 5.47. The van der Waals surface area contributed by atoms with E-state index in [1.165, 1.54) is 0 Å². The minimum absolute atomic E-state index is 0.547. The summed E-state index contributed by atoms with van der Waals surface area (Å²) in [7, 11) is 0. The minimum atomic E-state index is 0.547. The average Bonchev–Trinajstić information content (AvgIpc) is 2.80. The van der Waals surface area contributed by atoms with Crippen LogP contribution in [0, 0.1) is 6.92 Å². The molecule has 2 N–H and O–H groups in total. The molecule has 0 atom stereocenters. The summed E-state index contributed by atoms with van der Waals surface area (Å²) in [5.41, 5.74) is 8.36. The Hall–Kier alpha value is -2.40. The molecule has 0 aliphatic carbocycles. The third kappa shape index (κ3) is 2.23. The van der Waals surface area contributed by atoms with Gasteiger partial charge in [0.05, 0.1) is 11.4 Å². The fourth-order valence-electron chi connectivity index (χ4n) is 2.15. The van der Waals surface area contributed by atoms with Crippen molar-refractivity contribution in [1.82, 2.24) is 14.4 Å². The molecule has 3 rings (SSSR count). The van der Waals surface area contributed by atoms with Crippen LogP contribution < -0.4 is 10.5 Å². The summed E-state index contributed by atoms with van der Waals surface area (Å²) >= 11 is 0. The van der Waals surface area contributed by atoms with Crippen molar-refractivity contribution in [3.8, 4) is 11.6 Å². The Bertz CT molecular complexity index is 736. The van der Waals surface area contributed by atoms with Gasteiger partial charge in [-0.2, -0.15) is 4.98 Å². The third-order valence-corrected chi connectivity index (χ3v) is 3.14. The minimum Gasteiger partial charge on any atom is -0.435 e. The summed E-state index contributed by atoms with van der Waals surface area (Å²) in [6.07, 6.45) is 4.42. The zero-order valence-electron chi connectivity index (χ0n) is 11.3. The first-order chi connectivity index (χ1) is 9.79. The highest BCUT2D eigenvalue weighted by atomic mass is 16.5. The van der Waals surface area contributed by atoms with Crippen LogP contribution in [0.25, 0.3) is 5.65 Å². The van der Waals surface area contributed by atoms with E-state index in [2.05, 4.69) is 9.97 Å². The summed E-state index contributed by atoms with van der Waals surface area (Å²) < 4.78 is 7.94. The zero-order valence-corrected chi connectivity index (χ0v) is 11.3. The molecule has 0 amide bonds. The van der Waals surface area contributed by atoms with Gasteiger partial charge in [-0.25, -0.2) is 0 Å². The van der Waals surface area contributed by atoms with E-state index >= 15 is 0 Å². The van der Waals surface area contributed by atoms with Crippen molar-refractivity contribution in [3.05, 3.63) is 54.1 Å². The third-order valence-electron chi connectivity index (χ3n) is 3.14. The number of nitrogens with zero attached hydrogens (tertiary/aromatic N) is 3. The summed E-state index contributed by atoms with van der Waals surface area (Å²) in [6.45, 7) is 2.46. The zero-order chi connectivity index (χ0) is 13.9. The number of rotatable bonds is 4. The Labute approximate surface area is 117 Å². The molecule has 0 unspecified atom stereocenters. The maximum absolute atomic E-state index is 5.93. The number of pyridine rings is 2. The Kier molecular flexibility index (Phi) is 3.35. The van der Waals surface area contributed by atoms with Gasteiger partial charge in [-0.1, -0.05) is 6.07 Å². The highest BCUT2D eigenvalue weighted by Crippen LogP contribution is 2.27. The second-order valence-corrected chi connectivity index (χ2v) is 4.52. The fraction of sp³-hybridized carbons (Fsp3) is 0.200. The van der Waals surface area contributed by atoms with Gasteiger partial charge >= 0.3 is 0 Å². The average molecular weight is 268 g/mol. The van der Waals surface area contributed by atoms with Crippen LogP contribution in [0.2, 0.25) is 0 Å². The second-order valence-electron chi connectivity index (χ2n) is 4.52. The second kappa shape index (κ2) is 5.30. The molecular formula is C15H16N4O. The van der Waals surface area contributed by atoms with Gasteiger partial charge in [0.1, 0.15) is 5.65 Å². The van der Waals surface area contributed by atoms with E-state index in [0.717, 1.165) is 17.0 Å². The van der Waals surface area contributed by atoms with E-state index in [0.29, 0.717) is 24.6 Å². The Morgan fingerprint density at radius 1 is 1.25 bits per heavy atom. The summed E-state index contributed by atoms with van der Waals surface area (Å²) in [4.78, 5) is 8.75. The van der Waals surface area contributed by atoms with Crippen molar-refractivity contribution >= 4 is 5.65 Å². The number of hydrogen-bond acceptors (Lipinski definition) is 4. The molecule has 0 aliphatic heterocycles. The number of aryl methyl sites for hydroxylation is 1. The van der Waals surface area contributed by atoms with Gasteiger partial charge in [0.25, 0.3) is 0 Å². The molecule has 3 heterocycles. The maximum atomic E-state index is 5.93. The maximum Gasteiger partial charge on any atom is 0.241 e. The van der Waals surface area contributed by atoms with Gasteiger partial charge in [-0.15, -0.1) is 0 Å². The molecule has 0 aliphatic rings. The van der Waals surface area contributed by atoms with E-state index in [-0.39, 0.29) is 0 Å². The van der Waals surface area contributed by atoms with E-state index in [9.17, 15) is 0 Å². The molecule has 0 saturated heterocycles. The Balaban J connectivity index is 2.06. The number of hydrogen-bond donors (Lipinski definition) is 1. The summed E-state index contributed by atoms with van der Waals surface area (Å²) in [5.74, 6) is 1.31. The van der Waals surface area contributed by atoms with Gasteiger partial charge in [-0.3, -0.25) is 4.98 Å². The van der Waals surface area contributed by atoms with E-state index in [4.69, 9.17) is 10.5 Å². The number of nitrogens with two attached hydrogens (primary N) is 1. The number of fused-ring (bicyclic) bond motifs is 1. The van der Waals surface area contributed by atoms with Gasteiger partial charge in [0, 0.05) is 18.8 Å². The molecule has 3 aromatic rings. The van der Waals surface area contributed by atoms with Crippen LogP contribution in [0.15, 0.2) is 42.7 Å². The van der Waals surface area contributed by atoms with Crippen molar-refractivity contribution in [2.45, 2.75) is 13.3 Å². The molecule has 5 nitrogen and oxygen atoms in total. The van der Waals surface area contributed by atoms with Crippen LogP contribution >= 0.6 is 0 Å². The molecular weight excluding hydrogens is 252 g/mol. The monoisotopic (exact) mass is 268 g/mol. The van der Waals surface area contributed by atoms with Crippen molar-refractivity contribution in [1.29, 1.82) is 0 Å². The lowest BCUT2D eigenvalue weighted by atomic mass is 10.3. The molecule has 0 aromatic carbocycles. The smallest absolute Gasteiger partial charge is 0.241 e. The fourth-order valence-corrected chi connectivity index (χ4v) is 2.15. The Morgan fingerprint density at radius 2 is 2.15 bits per heavy atom. The normalized spacial score (nSPS) is 10.9. The van der Waals surface area contributed by atoms with Crippen molar-refractivity contribution in [2.75, 3.05) is 6.54 Å².